The van der Waals surface area contributed by atoms with Crippen LogP contribution in [-0.2, 0) is 0 Å². The second-order valence-corrected chi connectivity index (χ2v) is 2.62. The van der Waals surface area contributed by atoms with Crippen molar-refractivity contribution in [3.8, 4) is 0 Å². The van der Waals surface area contributed by atoms with E-state index in [1.165, 1.54) is 0 Å². The van der Waals surface area contributed by atoms with Crippen LogP contribution in [0.4, 0.5) is 4.79 Å². The summed E-state index contributed by atoms with van der Waals surface area (Å²) in [6.07, 6.45) is 0. The molecule has 2 amide bonds. The fraction of sp³-hybridized carbons (Fsp3) is 0.800. The van der Waals surface area contributed by atoms with E-state index >= 15 is 0 Å². The van der Waals surface area contributed by atoms with Crippen molar-refractivity contribution < 1.29 is 4.79 Å². The molecule has 0 saturated carbocycles. The van der Waals surface area contributed by atoms with E-state index in [1.54, 1.807) is 11.9 Å². The Hall–Kier alpha value is -0.130. The maximum absolute atomic E-state index is 10.1. The lowest BCUT2D eigenvalue weighted by molar-refractivity contribution is 0.249. The van der Waals surface area contributed by atoms with Gasteiger partial charge in [-0.2, -0.15) is 0 Å². The summed E-state index contributed by atoms with van der Waals surface area (Å²) in [5.74, 6) is 0.844. The summed E-state index contributed by atoms with van der Waals surface area (Å²) in [7, 11) is 0. The molecule has 0 aromatic heterocycles. The minimum Gasteiger partial charge on any atom is -0.352 e. The average molecular weight is 200 g/mol. The van der Waals surface area contributed by atoms with Gasteiger partial charge in [0, 0.05) is 18.8 Å². The van der Waals surface area contributed by atoms with Gasteiger partial charge in [-0.1, -0.05) is 18.9 Å². The molecule has 0 aliphatic rings. The molecule has 4 N–H and O–H groups in total. The van der Waals surface area contributed by atoms with Crippen LogP contribution < -0.4 is 15.8 Å². The van der Waals surface area contributed by atoms with Gasteiger partial charge in [-0.15, -0.1) is 12.4 Å². The smallest absolute Gasteiger partial charge is 0.312 e. The molecule has 0 heterocycles. The molecule has 4 nitrogen and oxygen atoms in total. The fourth-order valence-electron chi connectivity index (χ4n) is 0.399. The van der Waals surface area contributed by atoms with Gasteiger partial charge in [0.1, 0.15) is 0 Å². The Morgan fingerprint density at radius 1 is 1.64 bits per heavy atom. The van der Waals surface area contributed by atoms with Crippen LogP contribution in [0, 0.1) is 0 Å². The zero-order valence-corrected chi connectivity index (χ0v) is 8.06. The Morgan fingerprint density at radius 3 is 2.73 bits per heavy atom. The van der Waals surface area contributed by atoms with E-state index < -0.39 is 6.03 Å². The summed E-state index contributed by atoms with van der Waals surface area (Å²) in [4.78, 5) is 10.1. The number of hydrogen-bond donors (Lipinski definition) is 3. The maximum atomic E-state index is 10.1. The van der Waals surface area contributed by atoms with Gasteiger partial charge in [0.2, 0.25) is 0 Å². The molecule has 0 spiro atoms. The third-order valence-electron chi connectivity index (χ3n) is 0.750. The molecule has 68 valence electrons. The van der Waals surface area contributed by atoms with Crippen molar-refractivity contribution in [2.45, 2.75) is 6.92 Å². The van der Waals surface area contributed by atoms with Crippen LogP contribution >= 0.6 is 24.4 Å². The van der Waals surface area contributed by atoms with Crippen molar-refractivity contribution in [1.29, 1.82) is 0 Å². The van der Waals surface area contributed by atoms with Crippen molar-refractivity contribution in [2.24, 2.45) is 5.73 Å². The highest BCUT2D eigenvalue weighted by Gasteiger charge is 1.89. The Balaban J connectivity index is 0. The van der Waals surface area contributed by atoms with E-state index in [-0.39, 0.29) is 12.4 Å². The van der Waals surface area contributed by atoms with Crippen molar-refractivity contribution >= 4 is 30.4 Å². The van der Waals surface area contributed by atoms with E-state index in [0.29, 0.717) is 6.54 Å². The lowest BCUT2D eigenvalue weighted by Crippen LogP contribution is -2.31. The summed E-state index contributed by atoms with van der Waals surface area (Å²) >= 11 is 1.57. The predicted octanol–water partition coefficient (Wildman–Crippen LogP) is 0.334. The SMILES string of the molecule is CCNSCCNC(N)=O.Cl. The summed E-state index contributed by atoms with van der Waals surface area (Å²) < 4.78 is 3.05. The van der Waals surface area contributed by atoms with Gasteiger partial charge < -0.3 is 11.1 Å². The van der Waals surface area contributed by atoms with E-state index in [2.05, 4.69) is 10.0 Å². The van der Waals surface area contributed by atoms with Crippen LogP contribution in [0.1, 0.15) is 6.92 Å². The van der Waals surface area contributed by atoms with Crippen LogP contribution in [0.15, 0.2) is 0 Å². The Morgan fingerprint density at radius 2 is 2.27 bits per heavy atom. The van der Waals surface area contributed by atoms with Crippen molar-refractivity contribution in [3.05, 3.63) is 0 Å². The van der Waals surface area contributed by atoms with Crippen molar-refractivity contribution in [2.75, 3.05) is 18.8 Å². The zero-order valence-electron chi connectivity index (χ0n) is 6.42. The van der Waals surface area contributed by atoms with Crippen molar-refractivity contribution in [3.63, 3.8) is 0 Å². The number of halogens is 1. The molecule has 0 aliphatic carbocycles. The van der Waals surface area contributed by atoms with Crippen LogP contribution in [0.25, 0.3) is 0 Å². The number of carbonyl (C=O) groups is 1. The predicted molar refractivity (Wildman–Crippen MR) is 51.0 cm³/mol. The number of rotatable bonds is 5. The van der Waals surface area contributed by atoms with Gasteiger partial charge in [-0.25, -0.2) is 4.79 Å². The van der Waals surface area contributed by atoms with Gasteiger partial charge in [0.25, 0.3) is 0 Å². The molecule has 0 radical (unpaired) electrons. The molecule has 0 bridgehead atoms. The van der Waals surface area contributed by atoms with Gasteiger partial charge in [0.15, 0.2) is 0 Å². The lowest BCUT2D eigenvalue weighted by atomic mass is 10.7. The highest BCUT2D eigenvalue weighted by molar-refractivity contribution is 7.97. The molecule has 11 heavy (non-hydrogen) atoms. The van der Waals surface area contributed by atoms with Gasteiger partial charge >= 0.3 is 6.03 Å². The topological polar surface area (TPSA) is 67.2 Å². The first-order valence-electron chi connectivity index (χ1n) is 3.15. The number of primary amides is 1. The van der Waals surface area contributed by atoms with E-state index in [9.17, 15) is 4.79 Å². The highest BCUT2D eigenvalue weighted by atomic mass is 35.5. The Bertz CT molecular complexity index is 104. The second-order valence-electron chi connectivity index (χ2n) is 1.64. The summed E-state index contributed by atoms with van der Waals surface area (Å²) in [5, 5.41) is 2.48. The van der Waals surface area contributed by atoms with Crippen LogP contribution in [-0.4, -0.2) is 24.9 Å². The molecule has 6 heteroatoms. The van der Waals surface area contributed by atoms with Crippen LogP contribution in [0.2, 0.25) is 0 Å². The molecule has 0 saturated heterocycles. The first-order chi connectivity index (χ1) is 4.77. The maximum Gasteiger partial charge on any atom is 0.312 e. The Kier molecular flexibility index (Phi) is 12.1. The molecule has 0 aliphatic heterocycles. The summed E-state index contributed by atoms with van der Waals surface area (Å²) in [6.45, 7) is 3.57. The molecular formula is C5H14ClN3OS. The minimum absolute atomic E-state index is 0. The molecule has 0 aromatic carbocycles. The average Bonchev–Trinajstić information content (AvgIpc) is 1.87. The van der Waals surface area contributed by atoms with Crippen molar-refractivity contribution in [1.82, 2.24) is 10.0 Å². The normalized spacial score (nSPS) is 8.45. The largest absolute Gasteiger partial charge is 0.352 e. The van der Waals surface area contributed by atoms with Gasteiger partial charge in [-0.05, 0) is 0 Å². The number of urea groups is 1. The first-order valence-corrected chi connectivity index (χ1v) is 4.14. The lowest BCUT2D eigenvalue weighted by Gasteiger charge is -2.00. The van der Waals surface area contributed by atoms with E-state index in [1.807, 2.05) is 6.92 Å². The molecule has 0 unspecified atom stereocenters. The van der Waals surface area contributed by atoms with E-state index in [0.717, 1.165) is 12.3 Å². The number of nitrogens with two attached hydrogens (primary N) is 1. The minimum atomic E-state index is -0.461. The quantitative estimate of drug-likeness (QED) is 0.442. The van der Waals surface area contributed by atoms with Crippen LogP contribution in [0.5, 0.6) is 0 Å². The standard InChI is InChI=1S/C5H13N3OS.ClH/c1-2-8-10-4-3-7-5(6)9;/h8H,2-4H2,1H3,(H3,6,7,9);1H. The summed E-state index contributed by atoms with van der Waals surface area (Å²) in [5.41, 5.74) is 4.83. The zero-order chi connectivity index (χ0) is 7.82. The molecule has 0 rings (SSSR count). The summed E-state index contributed by atoms with van der Waals surface area (Å²) in [6, 6.07) is -0.461. The van der Waals surface area contributed by atoms with Gasteiger partial charge in [0.05, 0.1) is 0 Å². The second kappa shape index (κ2) is 9.87. The molecular weight excluding hydrogens is 186 g/mol. The monoisotopic (exact) mass is 199 g/mol. The third kappa shape index (κ3) is 13.0. The highest BCUT2D eigenvalue weighted by Crippen LogP contribution is 1.88. The van der Waals surface area contributed by atoms with E-state index in [4.69, 9.17) is 5.73 Å². The number of amides is 2. The van der Waals surface area contributed by atoms with Gasteiger partial charge in [-0.3, -0.25) is 4.72 Å². The number of nitrogens with one attached hydrogen (secondary N) is 2. The molecule has 0 fully saturated rings. The number of carbonyl (C=O) groups excluding carboxylic acids is 1. The first kappa shape index (κ1) is 13.5. The Labute approximate surface area is 77.2 Å². The van der Waals surface area contributed by atoms with Crippen LogP contribution in [0.3, 0.4) is 0 Å². The third-order valence-corrected chi connectivity index (χ3v) is 1.65. The molecule has 0 aromatic rings. The fourth-order valence-corrected chi connectivity index (χ4v) is 0.952. The number of hydrogen-bond acceptors (Lipinski definition) is 3. The molecule has 0 atom stereocenters.